The first-order valence-electron chi connectivity index (χ1n) is 3.72. The van der Waals surface area contributed by atoms with Crippen LogP contribution in [-0.4, -0.2) is 10.4 Å². The molecule has 2 nitrogen and oxygen atoms in total. The zero-order valence-corrected chi connectivity index (χ0v) is 6.64. The maximum Gasteiger partial charge on any atom is 0.148 e. The minimum absolute atomic E-state index is 0.334. The first kappa shape index (κ1) is 7.86. The summed E-state index contributed by atoms with van der Waals surface area (Å²) < 4.78 is 0. The Labute approximate surface area is 65.9 Å². The van der Waals surface area contributed by atoms with E-state index in [1.54, 1.807) is 0 Å². The first-order chi connectivity index (χ1) is 4.84. The molecule has 0 aromatic rings. The summed E-state index contributed by atoms with van der Waals surface area (Å²) >= 11 is 5.64. The Morgan fingerprint density at radius 3 is 2.40 bits per heavy atom. The van der Waals surface area contributed by atoms with E-state index in [0.717, 1.165) is 12.8 Å². The maximum atomic E-state index is 8.34. The van der Waals surface area contributed by atoms with Crippen LogP contribution in [0.4, 0.5) is 0 Å². The van der Waals surface area contributed by atoms with E-state index in [4.69, 9.17) is 16.8 Å². The lowest BCUT2D eigenvalue weighted by atomic mass is 9.90. The standard InChI is InChI=1S/C7H12ClNO/c8-7(9-10)6-4-2-1-3-5-6/h6,10H,1-5H2/b9-7-. The predicted octanol–water partition coefficient (Wildman–Crippen LogP) is 2.59. The predicted molar refractivity (Wildman–Crippen MR) is 41.6 cm³/mol. The van der Waals surface area contributed by atoms with Gasteiger partial charge in [-0.2, -0.15) is 0 Å². The number of oxime groups is 1. The first-order valence-corrected chi connectivity index (χ1v) is 4.10. The third-order valence-corrected chi connectivity index (χ3v) is 2.42. The topological polar surface area (TPSA) is 32.6 Å². The summed E-state index contributed by atoms with van der Waals surface area (Å²) in [7, 11) is 0. The largest absolute Gasteiger partial charge is 0.410 e. The minimum Gasteiger partial charge on any atom is -0.410 e. The van der Waals surface area contributed by atoms with Crippen molar-refractivity contribution in [3.8, 4) is 0 Å². The molecule has 1 N–H and O–H groups in total. The van der Waals surface area contributed by atoms with Crippen LogP contribution >= 0.6 is 11.6 Å². The van der Waals surface area contributed by atoms with Gasteiger partial charge in [-0.05, 0) is 12.8 Å². The fourth-order valence-corrected chi connectivity index (χ4v) is 1.64. The summed E-state index contributed by atoms with van der Waals surface area (Å²) in [4.78, 5) is 0. The van der Waals surface area contributed by atoms with Crippen molar-refractivity contribution < 1.29 is 5.21 Å². The van der Waals surface area contributed by atoms with Gasteiger partial charge in [0.05, 0.1) is 0 Å². The highest BCUT2D eigenvalue weighted by molar-refractivity contribution is 6.65. The van der Waals surface area contributed by atoms with Gasteiger partial charge in [0.25, 0.3) is 0 Å². The second kappa shape index (κ2) is 3.81. The van der Waals surface area contributed by atoms with Gasteiger partial charge in [0.15, 0.2) is 0 Å². The lowest BCUT2D eigenvalue weighted by molar-refractivity contribution is 0.312. The molecule has 1 saturated carbocycles. The van der Waals surface area contributed by atoms with Gasteiger partial charge in [0.2, 0.25) is 0 Å². The molecular formula is C7H12ClNO. The molecule has 0 bridgehead atoms. The SMILES string of the molecule is O/N=C(\Cl)C1CCCCC1. The van der Waals surface area contributed by atoms with Gasteiger partial charge in [-0.25, -0.2) is 0 Å². The highest BCUT2D eigenvalue weighted by atomic mass is 35.5. The van der Waals surface area contributed by atoms with Crippen LogP contribution in [0.1, 0.15) is 32.1 Å². The van der Waals surface area contributed by atoms with Crippen molar-refractivity contribution in [2.24, 2.45) is 11.1 Å². The molecule has 0 aromatic carbocycles. The van der Waals surface area contributed by atoms with Crippen molar-refractivity contribution in [3.63, 3.8) is 0 Å². The van der Waals surface area contributed by atoms with Gasteiger partial charge in [0, 0.05) is 5.92 Å². The fourth-order valence-electron chi connectivity index (χ4n) is 1.42. The molecule has 1 rings (SSSR count). The highest BCUT2D eigenvalue weighted by Crippen LogP contribution is 2.25. The van der Waals surface area contributed by atoms with E-state index >= 15 is 0 Å². The highest BCUT2D eigenvalue weighted by Gasteiger charge is 2.17. The van der Waals surface area contributed by atoms with Crippen molar-refractivity contribution in [1.29, 1.82) is 0 Å². The summed E-state index contributed by atoms with van der Waals surface area (Å²) in [6.07, 6.45) is 5.91. The van der Waals surface area contributed by atoms with Crippen LogP contribution in [-0.2, 0) is 0 Å². The van der Waals surface area contributed by atoms with E-state index in [1.165, 1.54) is 19.3 Å². The molecule has 0 unspecified atom stereocenters. The van der Waals surface area contributed by atoms with E-state index in [1.807, 2.05) is 0 Å². The van der Waals surface area contributed by atoms with E-state index in [9.17, 15) is 0 Å². The van der Waals surface area contributed by atoms with Crippen LogP contribution in [0.2, 0.25) is 0 Å². The smallest absolute Gasteiger partial charge is 0.148 e. The third-order valence-electron chi connectivity index (χ3n) is 2.04. The van der Waals surface area contributed by atoms with Crippen molar-refractivity contribution in [3.05, 3.63) is 0 Å². The Balaban J connectivity index is 2.39. The molecule has 0 heterocycles. The molecule has 0 saturated heterocycles. The zero-order valence-electron chi connectivity index (χ0n) is 5.89. The van der Waals surface area contributed by atoms with Crippen LogP contribution in [0.25, 0.3) is 0 Å². The van der Waals surface area contributed by atoms with Gasteiger partial charge in [-0.15, -0.1) is 0 Å². The van der Waals surface area contributed by atoms with Crippen molar-refractivity contribution in [2.75, 3.05) is 0 Å². The molecule has 1 fully saturated rings. The second-order valence-corrected chi connectivity index (χ2v) is 3.14. The normalized spacial score (nSPS) is 23.1. The number of halogens is 1. The molecule has 58 valence electrons. The average Bonchev–Trinajstić information content (AvgIpc) is 2.05. The summed E-state index contributed by atoms with van der Waals surface area (Å²) in [5.41, 5.74) is 0. The fraction of sp³-hybridized carbons (Fsp3) is 0.857. The van der Waals surface area contributed by atoms with Gasteiger partial charge in [-0.1, -0.05) is 36.0 Å². The third kappa shape index (κ3) is 1.87. The summed E-state index contributed by atoms with van der Waals surface area (Å²) in [6, 6.07) is 0. The summed E-state index contributed by atoms with van der Waals surface area (Å²) in [5, 5.41) is 11.7. The monoisotopic (exact) mass is 161 g/mol. The van der Waals surface area contributed by atoms with Crippen LogP contribution in [0.15, 0.2) is 5.16 Å². The number of rotatable bonds is 1. The van der Waals surface area contributed by atoms with Crippen molar-refractivity contribution in [1.82, 2.24) is 0 Å². The molecule has 3 heteroatoms. The van der Waals surface area contributed by atoms with Gasteiger partial charge in [-0.3, -0.25) is 0 Å². The van der Waals surface area contributed by atoms with E-state index in [2.05, 4.69) is 5.16 Å². The zero-order chi connectivity index (χ0) is 7.40. The molecule has 10 heavy (non-hydrogen) atoms. The van der Waals surface area contributed by atoms with Crippen molar-refractivity contribution >= 4 is 16.8 Å². The average molecular weight is 162 g/mol. The van der Waals surface area contributed by atoms with Crippen LogP contribution in [0.5, 0.6) is 0 Å². The van der Waals surface area contributed by atoms with Crippen molar-refractivity contribution in [2.45, 2.75) is 32.1 Å². The second-order valence-electron chi connectivity index (χ2n) is 2.76. The Morgan fingerprint density at radius 2 is 1.90 bits per heavy atom. The Bertz CT molecular complexity index is 130. The molecule has 1 aliphatic rings. The van der Waals surface area contributed by atoms with E-state index in [-0.39, 0.29) is 0 Å². The van der Waals surface area contributed by atoms with Crippen LogP contribution in [0, 0.1) is 5.92 Å². The number of hydrogen-bond donors (Lipinski definition) is 1. The molecule has 0 radical (unpaired) electrons. The van der Waals surface area contributed by atoms with E-state index in [0.29, 0.717) is 11.1 Å². The molecule has 1 aliphatic carbocycles. The van der Waals surface area contributed by atoms with E-state index < -0.39 is 0 Å². The van der Waals surface area contributed by atoms with Gasteiger partial charge in [0.1, 0.15) is 5.17 Å². The molecule has 0 atom stereocenters. The molecule has 0 spiro atoms. The van der Waals surface area contributed by atoms with Gasteiger partial charge >= 0.3 is 0 Å². The molecule has 0 aliphatic heterocycles. The summed E-state index contributed by atoms with van der Waals surface area (Å²) in [6.45, 7) is 0. The lowest BCUT2D eigenvalue weighted by Crippen LogP contribution is -2.12. The van der Waals surface area contributed by atoms with Crippen LogP contribution in [0.3, 0.4) is 0 Å². The molecular weight excluding hydrogens is 150 g/mol. The molecule has 0 aromatic heterocycles. The Kier molecular flexibility index (Phi) is 3.00. The van der Waals surface area contributed by atoms with Crippen LogP contribution < -0.4 is 0 Å². The quantitative estimate of drug-likeness (QED) is 0.358. The molecule has 0 amide bonds. The maximum absolute atomic E-state index is 8.34. The Hall–Kier alpha value is -0.240. The lowest BCUT2D eigenvalue weighted by Gasteiger charge is -2.18. The Morgan fingerprint density at radius 1 is 1.30 bits per heavy atom. The summed E-state index contributed by atoms with van der Waals surface area (Å²) in [5.74, 6) is 0.334. The van der Waals surface area contributed by atoms with Gasteiger partial charge < -0.3 is 5.21 Å². The minimum atomic E-state index is 0.334. The number of hydrogen-bond acceptors (Lipinski definition) is 2. The number of nitrogens with zero attached hydrogens (tertiary/aromatic N) is 1.